The normalized spacial score (nSPS) is 11.8. The van der Waals surface area contributed by atoms with Crippen molar-refractivity contribution in [3.05, 3.63) is 72.9 Å². The summed E-state index contributed by atoms with van der Waals surface area (Å²) >= 11 is 0. The van der Waals surface area contributed by atoms with Crippen molar-refractivity contribution in [2.75, 3.05) is 0 Å². The van der Waals surface area contributed by atoms with E-state index in [0.717, 1.165) is 3.97 Å². The second kappa shape index (κ2) is 6.61. The summed E-state index contributed by atoms with van der Waals surface area (Å²) in [5.41, 5.74) is 6.52. The largest absolute Gasteiger partial charge is 0.368 e. The Hall–Kier alpha value is -3.46. The van der Waals surface area contributed by atoms with E-state index in [1.54, 1.807) is 24.4 Å². The van der Waals surface area contributed by atoms with Crippen molar-refractivity contribution in [2.24, 2.45) is 5.73 Å². The molecule has 2 aromatic heterocycles. The van der Waals surface area contributed by atoms with Crippen LogP contribution in [0.15, 0.2) is 72.0 Å². The van der Waals surface area contributed by atoms with E-state index in [1.165, 1.54) is 47.4 Å². The van der Waals surface area contributed by atoms with Crippen LogP contribution in [-0.2, 0) is 21.4 Å². The standard InChI is InChI=1S/C19H15FN4O3S/c20-14-6-7-16-17(13-9-22-23(10-13)12-19(21)25)11-24(18(16)8-14)28(26,27)15-4-2-1-3-5-15/h1-11H,12H2,(H2,21,25). The van der Waals surface area contributed by atoms with Crippen LogP contribution in [0.2, 0.25) is 0 Å². The molecule has 9 heteroatoms. The maximum atomic E-state index is 13.9. The van der Waals surface area contributed by atoms with Crippen molar-refractivity contribution >= 4 is 26.8 Å². The fraction of sp³-hybridized carbons (Fsp3) is 0.0526. The predicted octanol–water partition coefficient (Wildman–Crippen LogP) is 2.37. The number of amides is 1. The van der Waals surface area contributed by atoms with Gasteiger partial charge in [-0.1, -0.05) is 18.2 Å². The quantitative estimate of drug-likeness (QED) is 0.558. The third kappa shape index (κ3) is 3.05. The topological polar surface area (TPSA) is 100.0 Å². The molecule has 0 atom stereocenters. The molecule has 0 spiro atoms. The molecule has 0 fully saturated rings. The van der Waals surface area contributed by atoms with Crippen LogP contribution < -0.4 is 5.73 Å². The van der Waals surface area contributed by atoms with Gasteiger partial charge in [0.05, 0.1) is 16.6 Å². The molecule has 2 N–H and O–H groups in total. The Labute approximate surface area is 159 Å². The van der Waals surface area contributed by atoms with Gasteiger partial charge in [-0.05, 0) is 30.3 Å². The minimum absolute atomic E-state index is 0.0899. The number of aromatic nitrogens is 3. The molecular formula is C19H15FN4O3S. The second-order valence-corrected chi connectivity index (χ2v) is 8.03. The summed E-state index contributed by atoms with van der Waals surface area (Å²) in [7, 11) is -3.93. The van der Waals surface area contributed by atoms with E-state index in [-0.39, 0.29) is 17.0 Å². The molecule has 0 saturated heterocycles. The number of nitrogens with two attached hydrogens (primary N) is 1. The van der Waals surface area contributed by atoms with E-state index in [2.05, 4.69) is 5.10 Å². The number of benzene rings is 2. The van der Waals surface area contributed by atoms with Crippen molar-refractivity contribution in [3.8, 4) is 11.1 Å². The molecule has 0 radical (unpaired) electrons. The molecule has 2 aromatic carbocycles. The SMILES string of the molecule is NC(=O)Cn1cc(-c2cn(S(=O)(=O)c3ccccc3)c3cc(F)ccc23)cn1. The molecule has 0 bridgehead atoms. The number of primary amides is 1. The number of hydrogen-bond donors (Lipinski definition) is 1. The van der Waals surface area contributed by atoms with Crippen molar-refractivity contribution in [1.29, 1.82) is 0 Å². The summed E-state index contributed by atoms with van der Waals surface area (Å²) in [6, 6.07) is 11.9. The van der Waals surface area contributed by atoms with Crippen LogP contribution in [-0.4, -0.2) is 28.1 Å². The van der Waals surface area contributed by atoms with Crippen LogP contribution in [0.5, 0.6) is 0 Å². The fourth-order valence-electron chi connectivity index (χ4n) is 3.05. The van der Waals surface area contributed by atoms with Gasteiger partial charge in [-0.2, -0.15) is 5.10 Å². The van der Waals surface area contributed by atoms with E-state index < -0.39 is 21.7 Å². The Morgan fingerprint density at radius 3 is 2.57 bits per heavy atom. The lowest BCUT2D eigenvalue weighted by molar-refractivity contribution is -0.118. The number of rotatable bonds is 5. The first-order valence-electron chi connectivity index (χ1n) is 8.28. The highest BCUT2D eigenvalue weighted by Crippen LogP contribution is 2.33. The summed E-state index contributed by atoms with van der Waals surface area (Å²) < 4.78 is 42.5. The van der Waals surface area contributed by atoms with Crippen LogP contribution in [0.1, 0.15) is 0 Å². The molecule has 0 aliphatic heterocycles. The Bertz CT molecular complexity index is 1290. The molecule has 28 heavy (non-hydrogen) atoms. The average molecular weight is 398 g/mol. The summed E-state index contributed by atoms with van der Waals surface area (Å²) in [4.78, 5) is 11.2. The summed E-state index contributed by atoms with van der Waals surface area (Å²) in [5.74, 6) is -1.10. The molecule has 0 saturated carbocycles. The van der Waals surface area contributed by atoms with Gasteiger partial charge in [-0.25, -0.2) is 16.8 Å². The lowest BCUT2D eigenvalue weighted by Crippen LogP contribution is -2.18. The fourth-order valence-corrected chi connectivity index (χ4v) is 4.44. The van der Waals surface area contributed by atoms with Gasteiger partial charge < -0.3 is 5.73 Å². The van der Waals surface area contributed by atoms with Crippen LogP contribution in [0, 0.1) is 5.82 Å². The molecule has 142 valence electrons. The van der Waals surface area contributed by atoms with Gasteiger partial charge in [0.25, 0.3) is 10.0 Å². The maximum absolute atomic E-state index is 13.9. The number of carbonyl (C=O) groups is 1. The third-order valence-electron chi connectivity index (χ3n) is 4.30. The van der Waals surface area contributed by atoms with Gasteiger partial charge in [0.2, 0.25) is 5.91 Å². The Balaban J connectivity index is 1.93. The Morgan fingerprint density at radius 2 is 1.86 bits per heavy atom. The van der Waals surface area contributed by atoms with Crippen LogP contribution in [0.25, 0.3) is 22.0 Å². The van der Waals surface area contributed by atoms with Crippen LogP contribution in [0.3, 0.4) is 0 Å². The first-order chi connectivity index (χ1) is 13.4. The van der Waals surface area contributed by atoms with Gasteiger partial charge >= 0.3 is 0 Å². The molecular weight excluding hydrogens is 383 g/mol. The van der Waals surface area contributed by atoms with Crippen molar-refractivity contribution in [2.45, 2.75) is 11.4 Å². The number of carbonyl (C=O) groups excluding carboxylic acids is 1. The van der Waals surface area contributed by atoms with E-state index >= 15 is 0 Å². The van der Waals surface area contributed by atoms with Gasteiger partial charge in [0.15, 0.2) is 0 Å². The van der Waals surface area contributed by atoms with Gasteiger partial charge in [-0.3, -0.25) is 9.48 Å². The first kappa shape index (κ1) is 17.9. The van der Waals surface area contributed by atoms with Gasteiger partial charge in [0.1, 0.15) is 12.4 Å². The predicted molar refractivity (Wildman–Crippen MR) is 101 cm³/mol. The maximum Gasteiger partial charge on any atom is 0.268 e. The van der Waals surface area contributed by atoms with E-state index in [0.29, 0.717) is 16.5 Å². The van der Waals surface area contributed by atoms with Crippen LogP contribution in [0.4, 0.5) is 4.39 Å². The number of nitrogens with zero attached hydrogens (tertiary/aromatic N) is 3. The molecule has 4 aromatic rings. The molecule has 2 heterocycles. The summed E-state index contributed by atoms with van der Waals surface area (Å²) in [6.07, 6.45) is 4.51. The van der Waals surface area contributed by atoms with Gasteiger partial charge in [-0.15, -0.1) is 0 Å². The van der Waals surface area contributed by atoms with Crippen molar-refractivity contribution < 1.29 is 17.6 Å². The number of halogens is 1. The number of fused-ring (bicyclic) bond motifs is 1. The van der Waals surface area contributed by atoms with Crippen molar-refractivity contribution in [3.63, 3.8) is 0 Å². The zero-order valence-electron chi connectivity index (χ0n) is 14.5. The molecule has 4 rings (SSSR count). The smallest absolute Gasteiger partial charge is 0.268 e. The molecule has 0 aliphatic carbocycles. The zero-order chi connectivity index (χ0) is 19.9. The first-order valence-corrected chi connectivity index (χ1v) is 9.72. The molecule has 1 amide bonds. The van der Waals surface area contributed by atoms with E-state index in [1.807, 2.05) is 0 Å². The molecule has 0 unspecified atom stereocenters. The third-order valence-corrected chi connectivity index (χ3v) is 5.98. The van der Waals surface area contributed by atoms with Crippen LogP contribution >= 0.6 is 0 Å². The minimum atomic E-state index is -3.93. The molecule has 0 aliphatic rings. The van der Waals surface area contributed by atoms with Gasteiger partial charge in [0, 0.05) is 28.9 Å². The minimum Gasteiger partial charge on any atom is -0.368 e. The lowest BCUT2D eigenvalue weighted by atomic mass is 10.1. The van der Waals surface area contributed by atoms with Crippen molar-refractivity contribution in [1.82, 2.24) is 13.8 Å². The Kier molecular flexibility index (Phi) is 4.23. The highest BCUT2D eigenvalue weighted by molar-refractivity contribution is 7.90. The molecule has 7 nitrogen and oxygen atoms in total. The van der Waals surface area contributed by atoms with E-state index in [9.17, 15) is 17.6 Å². The van der Waals surface area contributed by atoms with E-state index in [4.69, 9.17) is 5.73 Å². The lowest BCUT2D eigenvalue weighted by Gasteiger charge is -2.07. The highest BCUT2D eigenvalue weighted by atomic mass is 32.2. The summed E-state index contributed by atoms with van der Waals surface area (Å²) in [6.45, 7) is -0.102. The average Bonchev–Trinajstić information content (AvgIpc) is 3.26. The zero-order valence-corrected chi connectivity index (χ0v) is 15.3. The monoisotopic (exact) mass is 398 g/mol. The highest BCUT2D eigenvalue weighted by Gasteiger charge is 2.22. The summed E-state index contributed by atoms with van der Waals surface area (Å²) in [5, 5.41) is 4.61. The second-order valence-electron chi connectivity index (χ2n) is 6.21. The number of hydrogen-bond acceptors (Lipinski definition) is 4. The Morgan fingerprint density at radius 1 is 1.11 bits per heavy atom.